The molecule has 3 aromatic rings. The number of esters is 1. The van der Waals surface area contributed by atoms with E-state index in [1.165, 1.54) is 0 Å². The molecule has 25 heavy (non-hydrogen) atoms. The highest BCUT2D eigenvalue weighted by atomic mass is 16.6. The molecule has 0 bridgehead atoms. The second-order valence-corrected chi connectivity index (χ2v) is 5.48. The molecular weight excluding hydrogens is 318 g/mol. The van der Waals surface area contributed by atoms with E-state index in [0.717, 1.165) is 16.7 Å². The highest BCUT2D eigenvalue weighted by Crippen LogP contribution is 2.22. The van der Waals surface area contributed by atoms with Gasteiger partial charge in [0.2, 0.25) is 0 Å². The fourth-order valence-corrected chi connectivity index (χ4v) is 2.47. The van der Waals surface area contributed by atoms with Crippen LogP contribution in [0.2, 0.25) is 0 Å². The van der Waals surface area contributed by atoms with E-state index in [-0.39, 0.29) is 6.61 Å². The summed E-state index contributed by atoms with van der Waals surface area (Å²) in [6.45, 7) is 2.26. The van der Waals surface area contributed by atoms with E-state index in [1.54, 1.807) is 20.1 Å². The van der Waals surface area contributed by atoms with Gasteiger partial charge in [0.15, 0.2) is 0 Å². The van der Waals surface area contributed by atoms with E-state index in [1.807, 2.05) is 48.5 Å². The number of hydrogen-bond acceptors (Lipinski definition) is 5. The maximum Gasteiger partial charge on any atom is 0.340 e. The van der Waals surface area contributed by atoms with Gasteiger partial charge < -0.3 is 14.2 Å². The predicted octanol–water partition coefficient (Wildman–Crippen LogP) is 3.79. The van der Waals surface area contributed by atoms with Crippen molar-refractivity contribution in [1.82, 2.24) is 4.98 Å². The average Bonchev–Trinajstić information content (AvgIpc) is 2.65. The molecule has 0 spiro atoms. The van der Waals surface area contributed by atoms with Gasteiger partial charge in [-0.25, -0.2) is 4.79 Å². The summed E-state index contributed by atoms with van der Waals surface area (Å²) in [6, 6.07) is 16.7. The van der Waals surface area contributed by atoms with Gasteiger partial charge in [0.1, 0.15) is 24.7 Å². The van der Waals surface area contributed by atoms with Crippen molar-refractivity contribution in [2.24, 2.45) is 0 Å². The van der Waals surface area contributed by atoms with Gasteiger partial charge in [-0.15, -0.1) is 0 Å². The lowest BCUT2D eigenvalue weighted by Crippen LogP contribution is -2.14. The third kappa shape index (κ3) is 4.07. The summed E-state index contributed by atoms with van der Waals surface area (Å²) in [5.74, 6) is 1.05. The molecule has 0 N–H and O–H groups in total. The molecule has 0 aliphatic rings. The molecule has 2 aromatic carbocycles. The number of pyridine rings is 1. The Labute approximate surface area is 146 Å². The molecule has 0 radical (unpaired) electrons. The van der Waals surface area contributed by atoms with Gasteiger partial charge >= 0.3 is 5.97 Å². The number of rotatable bonds is 6. The summed E-state index contributed by atoms with van der Waals surface area (Å²) in [5.41, 5.74) is 1.88. The summed E-state index contributed by atoms with van der Waals surface area (Å²) in [7, 11) is 1.60. The average molecular weight is 337 g/mol. The zero-order valence-corrected chi connectivity index (χ0v) is 14.2. The highest BCUT2D eigenvalue weighted by Gasteiger charge is 2.13. The van der Waals surface area contributed by atoms with Crippen LogP contribution in [0.4, 0.5) is 0 Å². The lowest BCUT2D eigenvalue weighted by molar-refractivity contribution is 0.0449. The van der Waals surface area contributed by atoms with E-state index in [4.69, 9.17) is 14.2 Å². The highest BCUT2D eigenvalue weighted by molar-refractivity contribution is 5.95. The van der Waals surface area contributed by atoms with Crippen molar-refractivity contribution in [2.75, 3.05) is 20.3 Å². The number of para-hydroxylation sites is 1. The fraction of sp³-hybridized carbons (Fsp3) is 0.200. The molecule has 128 valence electrons. The number of aromatic nitrogens is 1. The Hall–Kier alpha value is -3.08. The molecule has 3 rings (SSSR count). The molecule has 0 aliphatic carbocycles. The maximum atomic E-state index is 12.3. The largest absolute Gasteiger partial charge is 0.497 e. The standard InChI is InChI=1S/C20H19NO4/c1-14-18(13-15-12-17(23-2)8-9-19(15)21-14)20(22)25-11-10-24-16-6-4-3-5-7-16/h3-9,12-13H,10-11H2,1-2H3. The zero-order chi connectivity index (χ0) is 17.6. The Morgan fingerprint density at radius 3 is 2.56 bits per heavy atom. The summed E-state index contributed by atoms with van der Waals surface area (Å²) in [6.07, 6.45) is 0. The molecule has 0 amide bonds. The Morgan fingerprint density at radius 2 is 1.80 bits per heavy atom. The zero-order valence-electron chi connectivity index (χ0n) is 14.2. The topological polar surface area (TPSA) is 57.7 Å². The van der Waals surface area contributed by atoms with Crippen LogP contribution in [0.25, 0.3) is 10.9 Å². The molecule has 1 aromatic heterocycles. The summed E-state index contributed by atoms with van der Waals surface area (Å²) in [4.78, 5) is 16.8. The first-order valence-corrected chi connectivity index (χ1v) is 7.98. The van der Waals surface area contributed by atoms with Crippen LogP contribution in [0, 0.1) is 6.92 Å². The second-order valence-electron chi connectivity index (χ2n) is 5.48. The van der Waals surface area contributed by atoms with Crippen LogP contribution < -0.4 is 9.47 Å². The molecule has 0 unspecified atom stereocenters. The summed E-state index contributed by atoms with van der Waals surface area (Å²) >= 11 is 0. The van der Waals surface area contributed by atoms with Crippen molar-refractivity contribution in [1.29, 1.82) is 0 Å². The number of carbonyl (C=O) groups excluding carboxylic acids is 1. The minimum atomic E-state index is -0.411. The van der Waals surface area contributed by atoms with Crippen LogP contribution in [0.3, 0.4) is 0 Å². The minimum absolute atomic E-state index is 0.170. The second kappa shape index (κ2) is 7.66. The van der Waals surface area contributed by atoms with Crippen LogP contribution in [0.1, 0.15) is 16.1 Å². The molecule has 0 aliphatic heterocycles. The van der Waals surface area contributed by atoms with Gasteiger partial charge in [-0.3, -0.25) is 4.98 Å². The van der Waals surface area contributed by atoms with E-state index in [0.29, 0.717) is 23.6 Å². The Balaban J connectivity index is 1.65. The first-order chi connectivity index (χ1) is 12.2. The van der Waals surface area contributed by atoms with Crippen molar-refractivity contribution in [3.63, 3.8) is 0 Å². The minimum Gasteiger partial charge on any atom is -0.497 e. The van der Waals surface area contributed by atoms with Crippen molar-refractivity contribution >= 4 is 16.9 Å². The fourth-order valence-electron chi connectivity index (χ4n) is 2.47. The van der Waals surface area contributed by atoms with Crippen LogP contribution in [-0.2, 0) is 4.74 Å². The van der Waals surface area contributed by atoms with E-state index in [2.05, 4.69) is 4.98 Å². The number of fused-ring (bicyclic) bond motifs is 1. The number of hydrogen-bond donors (Lipinski definition) is 0. The van der Waals surface area contributed by atoms with E-state index >= 15 is 0 Å². The first-order valence-electron chi connectivity index (χ1n) is 7.98. The Morgan fingerprint density at radius 1 is 1.00 bits per heavy atom. The molecule has 0 saturated carbocycles. The molecule has 0 saturated heterocycles. The maximum absolute atomic E-state index is 12.3. The third-order valence-electron chi connectivity index (χ3n) is 3.76. The summed E-state index contributed by atoms with van der Waals surface area (Å²) < 4.78 is 16.0. The SMILES string of the molecule is COc1ccc2nc(C)c(C(=O)OCCOc3ccccc3)cc2c1. The van der Waals surface area contributed by atoms with Crippen LogP contribution in [-0.4, -0.2) is 31.3 Å². The van der Waals surface area contributed by atoms with Gasteiger partial charge in [-0.05, 0) is 43.3 Å². The molecule has 5 nitrogen and oxygen atoms in total. The molecular formula is C20H19NO4. The van der Waals surface area contributed by atoms with E-state index in [9.17, 15) is 4.79 Å². The van der Waals surface area contributed by atoms with Crippen molar-refractivity contribution in [3.8, 4) is 11.5 Å². The molecule has 1 heterocycles. The molecule has 0 fully saturated rings. The Bertz CT molecular complexity index is 878. The monoisotopic (exact) mass is 337 g/mol. The van der Waals surface area contributed by atoms with Crippen molar-refractivity contribution in [3.05, 3.63) is 65.9 Å². The number of carbonyl (C=O) groups is 1. The van der Waals surface area contributed by atoms with Crippen molar-refractivity contribution < 1.29 is 19.0 Å². The quantitative estimate of drug-likeness (QED) is 0.506. The summed E-state index contributed by atoms with van der Waals surface area (Å²) in [5, 5.41) is 0.831. The molecule has 0 atom stereocenters. The number of aryl methyl sites for hydroxylation is 1. The van der Waals surface area contributed by atoms with Gasteiger partial charge in [0, 0.05) is 5.39 Å². The molecule has 5 heteroatoms. The number of ether oxygens (including phenoxy) is 3. The smallest absolute Gasteiger partial charge is 0.340 e. The van der Waals surface area contributed by atoms with Crippen LogP contribution in [0.5, 0.6) is 11.5 Å². The number of methoxy groups -OCH3 is 1. The normalized spacial score (nSPS) is 10.5. The number of nitrogens with zero attached hydrogens (tertiary/aromatic N) is 1. The van der Waals surface area contributed by atoms with Crippen LogP contribution in [0.15, 0.2) is 54.6 Å². The third-order valence-corrected chi connectivity index (χ3v) is 3.76. The van der Waals surface area contributed by atoms with Crippen LogP contribution >= 0.6 is 0 Å². The van der Waals surface area contributed by atoms with Gasteiger partial charge in [0.05, 0.1) is 23.9 Å². The van der Waals surface area contributed by atoms with Gasteiger partial charge in [-0.1, -0.05) is 18.2 Å². The predicted molar refractivity (Wildman–Crippen MR) is 95.3 cm³/mol. The van der Waals surface area contributed by atoms with Crippen molar-refractivity contribution in [2.45, 2.75) is 6.92 Å². The van der Waals surface area contributed by atoms with Gasteiger partial charge in [0.25, 0.3) is 0 Å². The van der Waals surface area contributed by atoms with Gasteiger partial charge in [-0.2, -0.15) is 0 Å². The van der Waals surface area contributed by atoms with E-state index < -0.39 is 5.97 Å². The Kier molecular flexibility index (Phi) is 5.14. The lowest BCUT2D eigenvalue weighted by Gasteiger charge is -2.10. The first kappa shape index (κ1) is 16.8. The number of benzene rings is 2. The lowest BCUT2D eigenvalue weighted by atomic mass is 10.1.